The highest BCUT2D eigenvalue weighted by Gasteiger charge is 2.17. The van der Waals surface area contributed by atoms with E-state index in [0.717, 1.165) is 71.7 Å². The van der Waals surface area contributed by atoms with Crippen LogP contribution in [-0.2, 0) is 6.42 Å². The number of furan rings is 2. The molecule has 9 aromatic rings. The molecule has 0 aliphatic rings. The molecule has 3 heterocycles. The predicted molar refractivity (Wildman–Crippen MR) is 180 cm³/mol. The zero-order valence-electron chi connectivity index (χ0n) is 24.1. The Bertz CT molecular complexity index is 2460. The van der Waals surface area contributed by atoms with Gasteiger partial charge in [0.2, 0.25) is 0 Å². The first-order valence-electron chi connectivity index (χ1n) is 15.0. The lowest BCUT2D eigenvalue weighted by Crippen LogP contribution is -2.04. The summed E-state index contributed by atoms with van der Waals surface area (Å²) in [6.07, 6.45) is 0.525. The molecular formula is C40H25N3O2. The van der Waals surface area contributed by atoms with Crippen LogP contribution in [0.5, 0.6) is 0 Å². The van der Waals surface area contributed by atoms with E-state index in [-0.39, 0.29) is 0 Å². The maximum atomic E-state index is 6.37. The number of rotatable bonds is 5. The normalized spacial score (nSPS) is 11.6. The van der Waals surface area contributed by atoms with E-state index < -0.39 is 0 Å². The van der Waals surface area contributed by atoms with Gasteiger partial charge >= 0.3 is 0 Å². The van der Waals surface area contributed by atoms with Crippen LogP contribution in [0.1, 0.15) is 11.4 Å². The van der Waals surface area contributed by atoms with Crippen LogP contribution in [0.25, 0.3) is 77.8 Å². The van der Waals surface area contributed by atoms with Crippen molar-refractivity contribution >= 4 is 43.9 Å². The lowest BCUT2D eigenvalue weighted by Gasteiger charge is -2.09. The zero-order chi connectivity index (χ0) is 29.7. The highest BCUT2D eigenvalue weighted by atomic mass is 16.3. The third-order valence-electron chi connectivity index (χ3n) is 8.39. The summed E-state index contributed by atoms with van der Waals surface area (Å²) in [5.74, 6) is 2.02. The molecule has 0 N–H and O–H groups in total. The van der Waals surface area contributed by atoms with Crippen LogP contribution in [0, 0.1) is 0 Å². The number of hydrogen-bond donors (Lipinski definition) is 0. The van der Waals surface area contributed by atoms with Gasteiger partial charge in [0.05, 0.1) is 0 Å². The van der Waals surface area contributed by atoms with Crippen molar-refractivity contribution in [2.75, 3.05) is 0 Å². The Morgan fingerprint density at radius 2 is 1.09 bits per heavy atom. The van der Waals surface area contributed by atoms with Crippen molar-refractivity contribution in [1.29, 1.82) is 0 Å². The molecule has 0 bridgehead atoms. The van der Waals surface area contributed by atoms with Gasteiger partial charge in [-0.15, -0.1) is 0 Å². The van der Waals surface area contributed by atoms with E-state index in [1.165, 1.54) is 0 Å². The van der Waals surface area contributed by atoms with Gasteiger partial charge in [-0.2, -0.15) is 0 Å². The fourth-order valence-corrected chi connectivity index (χ4v) is 6.29. The summed E-state index contributed by atoms with van der Waals surface area (Å²) in [4.78, 5) is 14.8. The van der Waals surface area contributed by atoms with Gasteiger partial charge in [-0.05, 0) is 35.4 Å². The van der Waals surface area contributed by atoms with E-state index in [2.05, 4.69) is 48.5 Å². The minimum Gasteiger partial charge on any atom is -0.456 e. The molecule has 0 aliphatic heterocycles. The highest BCUT2D eigenvalue weighted by Crippen LogP contribution is 2.39. The molecule has 6 aromatic carbocycles. The van der Waals surface area contributed by atoms with Gasteiger partial charge < -0.3 is 8.83 Å². The largest absolute Gasteiger partial charge is 0.456 e. The second-order valence-electron chi connectivity index (χ2n) is 11.2. The molecule has 0 aliphatic carbocycles. The first kappa shape index (κ1) is 25.4. The molecule has 3 aromatic heterocycles. The SMILES string of the molecule is c1ccc(-c2nc(Cc3cccc4oc5ccc(-c6cccc7c6oc6ccccc67)cc5c34)nc(-c3ccccc3)n2)cc1. The summed E-state index contributed by atoms with van der Waals surface area (Å²) in [7, 11) is 0. The highest BCUT2D eigenvalue weighted by molar-refractivity contribution is 6.12. The Balaban J connectivity index is 1.20. The Morgan fingerprint density at radius 1 is 0.444 bits per heavy atom. The van der Waals surface area contributed by atoms with Crippen LogP contribution in [0.15, 0.2) is 148 Å². The average molecular weight is 580 g/mol. The number of nitrogens with zero attached hydrogens (tertiary/aromatic N) is 3. The van der Waals surface area contributed by atoms with Crippen LogP contribution in [-0.4, -0.2) is 15.0 Å². The van der Waals surface area contributed by atoms with Crippen molar-refractivity contribution in [3.05, 3.63) is 151 Å². The third kappa shape index (κ3) is 4.36. The molecule has 0 atom stereocenters. The van der Waals surface area contributed by atoms with E-state index >= 15 is 0 Å². The first-order valence-corrected chi connectivity index (χ1v) is 15.0. The van der Waals surface area contributed by atoms with E-state index in [0.29, 0.717) is 23.9 Å². The van der Waals surface area contributed by atoms with Crippen molar-refractivity contribution < 1.29 is 8.83 Å². The van der Waals surface area contributed by atoms with Gasteiger partial charge in [0.1, 0.15) is 28.2 Å². The second-order valence-corrected chi connectivity index (χ2v) is 11.2. The molecule has 5 heteroatoms. The quantitative estimate of drug-likeness (QED) is 0.203. The maximum absolute atomic E-state index is 6.37. The van der Waals surface area contributed by atoms with E-state index in [1.807, 2.05) is 91.0 Å². The molecule has 0 fully saturated rings. The summed E-state index contributed by atoms with van der Waals surface area (Å²) >= 11 is 0. The zero-order valence-corrected chi connectivity index (χ0v) is 24.1. The number of aromatic nitrogens is 3. The Kier molecular flexibility index (Phi) is 5.81. The molecule has 0 radical (unpaired) electrons. The standard InChI is InChI=1S/C40H25N3O2/c1-3-11-25(12-4-1)39-41-36(42-40(43-39)26-13-5-2-6-14-26)24-28-15-9-20-35-37(28)32-23-27(21-22-34(32)44-35)29-17-10-18-31-30-16-7-8-19-33(30)45-38(29)31/h1-23H,24H2. The van der Waals surface area contributed by atoms with Crippen molar-refractivity contribution in [3.8, 4) is 33.9 Å². The number of hydrogen-bond acceptors (Lipinski definition) is 5. The van der Waals surface area contributed by atoms with E-state index in [1.54, 1.807) is 0 Å². The molecular weight excluding hydrogens is 554 g/mol. The first-order chi connectivity index (χ1) is 22.3. The molecule has 0 saturated heterocycles. The van der Waals surface area contributed by atoms with Gasteiger partial charge in [-0.3, -0.25) is 0 Å². The van der Waals surface area contributed by atoms with Crippen LogP contribution in [0.2, 0.25) is 0 Å². The van der Waals surface area contributed by atoms with Crippen molar-refractivity contribution in [1.82, 2.24) is 15.0 Å². The molecule has 0 spiro atoms. The minimum atomic E-state index is 0.525. The van der Waals surface area contributed by atoms with Gasteiger partial charge in [0, 0.05) is 44.7 Å². The summed E-state index contributed by atoms with van der Waals surface area (Å²) in [5.41, 5.74) is 8.57. The Hall–Kier alpha value is -6.07. The summed E-state index contributed by atoms with van der Waals surface area (Å²) in [6.45, 7) is 0. The monoisotopic (exact) mass is 579 g/mol. The number of fused-ring (bicyclic) bond motifs is 6. The Labute approximate surface area is 258 Å². The van der Waals surface area contributed by atoms with E-state index in [4.69, 9.17) is 23.8 Å². The fourth-order valence-electron chi connectivity index (χ4n) is 6.29. The van der Waals surface area contributed by atoms with Crippen molar-refractivity contribution in [2.45, 2.75) is 6.42 Å². The number of benzene rings is 6. The fraction of sp³-hybridized carbons (Fsp3) is 0.0250. The maximum Gasteiger partial charge on any atom is 0.163 e. The second kappa shape index (κ2) is 10.3. The summed E-state index contributed by atoms with van der Waals surface area (Å²) < 4.78 is 12.7. The molecule has 5 nitrogen and oxygen atoms in total. The van der Waals surface area contributed by atoms with Gasteiger partial charge in [0.15, 0.2) is 11.6 Å². The third-order valence-corrected chi connectivity index (χ3v) is 8.39. The molecule has 0 unspecified atom stereocenters. The van der Waals surface area contributed by atoms with Gasteiger partial charge in [-0.1, -0.05) is 115 Å². The van der Waals surface area contributed by atoms with Crippen LogP contribution in [0.4, 0.5) is 0 Å². The van der Waals surface area contributed by atoms with Crippen LogP contribution >= 0.6 is 0 Å². The van der Waals surface area contributed by atoms with Crippen LogP contribution < -0.4 is 0 Å². The van der Waals surface area contributed by atoms with Crippen molar-refractivity contribution in [2.24, 2.45) is 0 Å². The Morgan fingerprint density at radius 3 is 1.87 bits per heavy atom. The number of para-hydroxylation sites is 2. The van der Waals surface area contributed by atoms with Crippen molar-refractivity contribution in [3.63, 3.8) is 0 Å². The van der Waals surface area contributed by atoms with E-state index in [9.17, 15) is 0 Å². The molecule has 9 rings (SSSR count). The predicted octanol–water partition coefficient (Wildman–Crippen LogP) is 10.3. The lowest BCUT2D eigenvalue weighted by atomic mass is 9.98. The van der Waals surface area contributed by atoms with Crippen LogP contribution in [0.3, 0.4) is 0 Å². The molecule has 0 amide bonds. The smallest absolute Gasteiger partial charge is 0.163 e. The molecule has 212 valence electrons. The summed E-state index contributed by atoms with van der Waals surface area (Å²) in [6, 6.07) is 47.2. The average Bonchev–Trinajstić information content (AvgIpc) is 3.68. The minimum absolute atomic E-state index is 0.525. The van der Waals surface area contributed by atoms with Gasteiger partial charge in [-0.25, -0.2) is 15.0 Å². The van der Waals surface area contributed by atoms with Gasteiger partial charge in [0.25, 0.3) is 0 Å². The molecule has 0 saturated carbocycles. The molecule has 45 heavy (non-hydrogen) atoms. The topological polar surface area (TPSA) is 65.0 Å². The lowest BCUT2D eigenvalue weighted by molar-refractivity contribution is 0.668. The summed E-state index contributed by atoms with van der Waals surface area (Å²) in [5, 5.41) is 4.34.